The number of hydrogen-bond donors (Lipinski definition) is 0. The van der Waals surface area contributed by atoms with Crippen LogP contribution in [-0.2, 0) is 14.1 Å². The molecular weight excluding hydrogens is 316 g/mol. The zero-order chi connectivity index (χ0) is 17.8. The van der Waals surface area contributed by atoms with Gasteiger partial charge in [0.05, 0.1) is 10.9 Å². The van der Waals surface area contributed by atoms with Crippen molar-refractivity contribution in [2.24, 2.45) is 14.1 Å². The molecule has 0 atom stereocenters. The van der Waals surface area contributed by atoms with Crippen molar-refractivity contribution >= 4 is 32.6 Å². The number of aryl methyl sites for hydroxylation is 3. The Balaban J connectivity index is 2.10. The maximum atomic E-state index is 2.32. The lowest BCUT2D eigenvalue weighted by molar-refractivity contribution is -0.659. The van der Waals surface area contributed by atoms with E-state index in [1.54, 1.807) is 0 Å². The molecule has 3 aromatic carbocycles. The first-order valence-corrected chi connectivity index (χ1v) is 9.01. The largest absolute Gasteiger partial charge is 0.343 e. The lowest BCUT2D eigenvalue weighted by Crippen LogP contribution is -2.30. The highest BCUT2D eigenvalue weighted by Crippen LogP contribution is 2.38. The predicted molar refractivity (Wildman–Crippen MR) is 109 cm³/mol. The fourth-order valence-electron chi connectivity index (χ4n) is 4.26. The van der Waals surface area contributed by atoms with Crippen molar-refractivity contribution in [3.63, 3.8) is 0 Å². The summed E-state index contributed by atoms with van der Waals surface area (Å²) in [5.41, 5.74) is 6.42. The van der Waals surface area contributed by atoms with Crippen LogP contribution >= 0.6 is 0 Å². The Kier molecular flexibility index (Phi) is 3.17. The van der Waals surface area contributed by atoms with Gasteiger partial charge in [-0.05, 0) is 35.4 Å². The number of hydrogen-bond acceptors (Lipinski definition) is 0. The molecule has 0 aliphatic heterocycles. The molecule has 2 aromatic heterocycles. The van der Waals surface area contributed by atoms with E-state index in [-0.39, 0.29) is 0 Å². The maximum absolute atomic E-state index is 2.32. The van der Waals surface area contributed by atoms with Crippen LogP contribution in [0.15, 0.2) is 72.9 Å². The summed E-state index contributed by atoms with van der Waals surface area (Å²) >= 11 is 0. The van der Waals surface area contributed by atoms with Crippen LogP contribution < -0.4 is 4.57 Å². The van der Waals surface area contributed by atoms with Crippen molar-refractivity contribution in [3.8, 4) is 11.3 Å². The Labute approximate surface area is 152 Å². The molecule has 5 aromatic rings. The van der Waals surface area contributed by atoms with Crippen molar-refractivity contribution in [3.05, 3.63) is 78.5 Å². The first-order valence-electron chi connectivity index (χ1n) is 9.01. The number of rotatable bonds is 1. The van der Waals surface area contributed by atoms with Crippen LogP contribution in [0, 0.1) is 6.92 Å². The molecule has 2 nitrogen and oxygen atoms in total. The van der Waals surface area contributed by atoms with Crippen LogP contribution in [0.5, 0.6) is 0 Å². The smallest absolute Gasteiger partial charge is 0.222 e. The predicted octanol–water partition coefficient (Wildman–Crippen LogP) is 5.28. The van der Waals surface area contributed by atoms with Gasteiger partial charge in [0.15, 0.2) is 6.20 Å². The molecule has 0 spiro atoms. The molecular formula is C24H21N2+. The van der Waals surface area contributed by atoms with E-state index in [9.17, 15) is 0 Å². The van der Waals surface area contributed by atoms with Gasteiger partial charge in [-0.3, -0.25) is 0 Å². The summed E-state index contributed by atoms with van der Waals surface area (Å²) in [5, 5.41) is 5.28. The van der Waals surface area contributed by atoms with Gasteiger partial charge in [0, 0.05) is 29.6 Å². The summed E-state index contributed by atoms with van der Waals surface area (Å²) in [4.78, 5) is 0. The number of pyridine rings is 1. The van der Waals surface area contributed by atoms with Gasteiger partial charge in [-0.25, -0.2) is 4.57 Å². The fourth-order valence-corrected chi connectivity index (χ4v) is 4.26. The van der Waals surface area contributed by atoms with Crippen molar-refractivity contribution in [2.75, 3.05) is 0 Å². The average Bonchev–Trinajstić information content (AvgIpc) is 2.95. The SMILES string of the molecule is Cc1ccccc1-c1c2c3c4ccccc4ccc3n(C)c2cc[n+]1C. The van der Waals surface area contributed by atoms with Crippen LogP contribution in [-0.4, -0.2) is 4.57 Å². The second-order valence-electron chi connectivity index (χ2n) is 7.09. The minimum Gasteiger partial charge on any atom is -0.343 e. The molecule has 0 radical (unpaired) electrons. The normalized spacial score (nSPS) is 11.7. The van der Waals surface area contributed by atoms with E-state index in [1.165, 1.54) is 49.4 Å². The van der Waals surface area contributed by atoms with Crippen molar-refractivity contribution in [1.29, 1.82) is 0 Å². The van der Waals surface area contributed by atoms with Crippen LogP contribution in [0.2, 0.25) is 0 Å². The molecule has 2 heterocycles. The first-order chi connectivity index (χ1) is 12.7. The zero-order valence-corrected chi connectivity index (χ0v) is 15.3. The van der Waals surface area contributed by atoms with E-state index in [1.807, 2.05) is 0 Å². The molecule has 0 aliphatic rings. The summed E-state index contributed by atoms with van der Waals surface area (Å²) in [5.74, 6) is 0. The quantitative estimate of drug-likeness (QED) is 0.368. The van der Waals surface area contributed by atoms with E-state index in [0.29, 0.717) is 0 Å². The van der Waals surface area contributed by atoms with E-state index >= 15 is 0 Å². The lowest BCUT2D eigenvalue weighted by Gasteiger charge is -2.07. The Hall–Kier alpha value is -3.13. The highest BCUT2D eigenvalue weighted by Gasteiger charge is 2.23. The fraction of sp³-hybridized carbons (Fsp3) is 0.125. The molecule has 0 fully saturated rings. The van der Waals surface area contributed by atoms with Gasteiger partial charge in [0.25, 0.3) is 0 Å². The summed E-state index contributed by atoms with van der Waals surface area (Å²) in [6, 6.07) is 24.1. The van der Waals surface area contributed by atoms with Gasteiger partial charge in [-0.1, -0.05) is 48.5 Å². The minimum atomic E-state index is 1.27. The number of nitrogens with zero attached hydrogens (tertiary/aromatic N) is 2. The van der Waals surface area contributed by atoms with Gasteiger partial charge in [0.2, 0.25) is 5.69 Å². The second-order valence-corrected chi connectivity index (χ2v) is 7.09. The molecule has 0 saturated heterocycles. The Bertz CT molecular complexity index is 1310. The monoisotopic (exact) mass is 337 g/mol. The molecule has 0 saturated carbocycles. The van der Waals surface area contributed by atoms with Gasteiger partial charge in [0.1, 0.15) is 7.05 Å². The molecule has 0 unspecified atom stereocenters. The summed E-state index contributed by atoms with van der Waals surface area (Å²) in [7, 11) is 4.31. The third-order valence-electron chi connectivity index (χ3n) is 5.58. The summed E-state index contributed by atoms with van der Waals surface area (Å²) in [6.07, 6.45) is 2.17. The topological polar surface area (TPSA) is 8.81 Å². The van der Waals surface area contributed by atoms with Crippen LogP contribution in [0.3, 0.4) is 0 Å². The van der Waals surface area contributed by atoms with Crippen molar-refractivity contribution in [1.82, 2.24) is 4.57 Å². The highest BCUT2D eigenvalue weighted by atomic mass is 15.0. The van der Waals surface area contributed by atoms with Gasteiger partial charge in [-0.2, -0.15) is 0 Å². The molecule has 2 heteroatoms. The van der Waals surface area contributed by atoms with E-state index in [4.69, 9.17) is 0 Å². The Morgan fingerprint density at radius 1 is 0.769 bits per heavy atom. The van der Waals surface area contributed by atoms with Gasteiger partial charge >= 0.3 is 0 Å². The van der Waals surface area contributed by atoms with Crippen molar-refractivity contribution in [2.45, 2.75) is 6.92 Å². The molecule has 26 heavy (non-hydrogen) atoms. The number of fused-ring (bicyclic) bond motifs is 5. The summed E-state index contributed by atoms with van der Waals surface area (Å²) in [6.45, 7) is 2.19. The van der Waals surface area contributed by atoms with E-state index in [0.717, 1.165) is 0 Å². The summed E-state index contributed by atoms with van der Waals surface area (Å²) < 4.78 is 4.57. The first kappa shape index (κ1) is 15.2. The van der Waals surface area contributed by atoms with Crippen LogP contribution in [0.4, 0.5) is 0 Å². The molecule has 0 amide bonds. The third-order valence-corrected chi connectivity index (χ3v) is 5.58. The lowest BCUT2D eigenvalue weighted by atomic mass is 9.98. The highest BCUT2D eigenvalue weighted by molar-refractivity contribution is 6.23. The molecule has 0 N–H and O–H groups in total. The van der Waals surface area contributed by atoms with Gasteiger partial charge < -0.3 is 4.57 Å². The zero-order valence-electron chi connectivity index (χ0n) is 15.3. The average molecular weight is 337 g/mol. The minimum absolute atomic E-state index is 1.27. The van der Waals surface area contributed by atoms with Gasteiger partial charge in [-0.15, -0.1) is 0 Å². The number of benzene rings is 3. The Morgan fingerprint density at radius 2 is 1.50 bits per heavy atom. The van der Waals surface area contributed by atoms with Crippen LogP contribution in [0.25, 0.3) is 43.8 Å². The van der Waals surface area contributed by atoms with Crippen LogP contribution in [0.1, 0.15) is 5.56 Å². The molecule has 0 aliphatic carbocycles. The van der Waals surface area contributed by atoms with E-state index < -0.39 is 0 Å². The second kappa shape index (κ2) is 5.43. The molecule has 126 valence electrons. The van der Waals surface area contributed by atoms with Crippen molar-refractivity contribution < 1.29 is 4.57 Å². The third kappa shape index (κ3) is 1.96. The standard InChI is InChI=1S/C24H21N2/c1-16-8-4-6-10-18(16)24-23-21(14-15-25(24)2)26(3)20-13-12-17-9-5-7-11-19(17)22(20)23/h4-15H,1-3H3/q+1. The Morgan fingerprint density at radius 3 is 2.35 bits per heavy atom. The molecule has 0 bridgehead atoms. The van der Waals surface area contributed by atoms with E-state index in [2.05, 4.69) is 103 Å². The maximum Gasteiger partial charge on any atom is 0.222 e. The number of aromatic nitrogens is 2. The molecule has 5 rings (SSSR count).